The Bertz CT molecular complexity index is 1050. The molecule has 2 aliphatic rings. The molecule has 2 aromatic carbocycles. The predicted octanol–water partition coefficient (Wildman–Crippen LogP) is 4.30. The van der Waals surface area contributed by atoms with E-state index in [0.717, 1.165) is 36.3 Å². The first-order valence-corrected chi connectivity index (χ1v) is 12.2. The molecular formula is C22H26ClN5O2S. The third-order valence-corrected chi connectivity index (χ3v) is 7.20. The maximum absolute atomic E-state index is 12.5. The van der Waals surface area contributed by atoms with Crippen LogP contribution in [0.2, 0.25) is 5.02 Å². The molecule has 4 rings (SSSR count). The van der Waals surface area contributed by atoms with Crippen LogP contribution in [0.4, 0.5) is 5.69 Å². The van der Waals surface area contributed by atoms with E-state index < -0.39 is 10.2 Å². The quantitative estimate of drug-likeness (QED) is 0.494. The third kappa shape index (κ3) is 5.08. The zero-order valence-corrected chi connectivity index (χ0v) is 19.0. The van der Waals surface area contributed by atoms with Crippen molar-refractivity contribution in [3.8, 4) is 0 Å². The van der Waals surface area contributed by atoms with E-state index in [1.165, 1.54) is 10.6 Å². The summed E-state index contributed by atoms with van der Waals surface area (Å²) < 4.78 is 30.5. The molecule has 164 valence electrons. The number of amidine groups is 1. The van der Waals surface area contributed by atoms with Gasteiger partial charge in [-0.2, -0.15) is 17.8 Å². The van der Waals surface area contributed by atoms with Gasteiger partial charge < -0.3 is 4.90 Å². The average molecular weight is 460 g/mol. The summed E-state index contributed by atoms with van der Waals surface area (Å²) in [4.78, 5) is 1.69. The first-order valence-electron chi connectivity index (χ1n) is 10.4. The fourth-order valence-corrected chi connectivity index (χ4v) is 5.07. The van der Waals surface area contributed by atoms with E-state index in [2.05, 4.69) is 16.5 Å². The van der Waals surface area contributed by atoms with Gasteiger partial charge in [0.2, 0.25) is 0 Å². The van der Waals surface area contributed by atoms with Gasteiger partial charge in [-0.1, -0.05) is 48.4 Å². The molecule has 0 N–H and O–H groups in total. The normalized spacial score (nSPS) is 20.3. The molecule has 7 nitrogen and oxygen atoms in total. The molecule has 1 fully saturated rings. The van der Waals surface area contributed by atoms with E-state index in [4.69, 9.17) is 16.7 Å². The standard InChI is InChI=1S/C22H26ClN5O2S/c1-26(17-24-31(29,30)27-14-6-3-7-15-27)22-16-21(18-8-4-2-5-9-18)28(25-22)20-12-10-19(23)11-13-20/h2,4-5,8-13,17,21H,3,6-7,14-16H2,1H3. The van der Waals surface area contributed by atoms with Crippen LogP contribution in [-0.4, -0.2) is 49.9 Å². The number of hydrazone groups is 1. The Kier molecular flexibility index (Phi) is 6.60. The molecule has 2 aromatic rings. The van der Waals surface area contributed by atoms with Crippen molar-refractivity contribution in [1.29, 1.82) is 0 Å². The lowest BCUT2D eigenvalue weighted by Gasteiger charge is -2.23. The Morgan fingerprint density at radius 3 is 2.42 bits per heavy atom. The molecular weight excluding hydrogens is 434 g/mol. The van der Waals surface area contributed by atoms with Crippen molar-refractivity contribution in [3.05, 3.63) is 65.2 Å². The summed E-state index contributed by atoms with van der Waals surface area (Å²) in [5, 5.41) is 7.40. The monoisotopic (exact) mass is 459 g/mol. The third-order valence-electron chi connectivity index (χ3n) is 5.57. The van der Waals surface area contributed by atoms with Gasteiger partial charge in [0.1, 0.15) is 12.2 Å². The van der Waals surface area contributed by atoms with Crippen LogP contribution >= 0.6 is 11.6 Å². The van der Waals surface area contributed by atoms with Crippen LogP contribution in [0, 0.1) is 0 Å². The van der Waals surface area contributed by atoms with Crippen molar-refractivity contribution < 1.29 is 8.42 Å². The molecule has 9 heteroatoms. The van der Waals surface area contributed by atoms with Gasteiger partial charge >= 0.3 is 10.2 Å². The Hall–Kier alpha value is -2.42. The molecule has 0 radical (unpaired) electrons. The molecule has 0 aliphatic carbocycles. The van der Waals surface area contributed by atoms with Crippen molar-refractivity contribution in [2.45, 2.75) is 31.7 Å². The van der Waals surface area contributed by atoms with E-state index in [0.29, 0.717) is 24.5 Å². The maximum atomic E-state index is 12.5. The van der Waals surface area contributed by atoms with E-state index in [-0.39, 0.29) is 6.04 Å². The molecule has 1 unspecified atom stereocenters. The minimum Gasteiger partial charge on any atom is -0.322 e. The number of piperidine rings is 1. The highest BCUT2D eigenvalue weighted by molar-refractivity contribution is 7.87. The summed E-state index contributed by atoms with van der Waals surface area (Å²) >= 11 is 6.06. The zero-order valence-electron chi connectivity index (χ0n) is 17.4. The molecule has 0 amide bonds. The van der Waals surface area contributed by atoms with Crippen molar-refractivity contribution in [2.24, 2.45) is 9.50 Å². The van der Waals surface area contributed by atoms with Crippen LogP contribution in [0.15, 0.2) is 64.1 Å². The highest BCUT2D eigenvalue weighted by atomic mass is 35.5. The molecule has 1 saturated heterocycles. The average Bonchev–Trinajstić information content (AvgIpc) is 3.25. The van der Waals surface area contributed by atoms with Gasteiger partial charge in [-0.15, -0.1) is 4.40 Å². The lowest BCUT2D eigenvalue weighted by molar-refractivity contribution is 0.347. The number of hydrogen-bond donors (Lipinski definition) is 0. The van der Waals surface area contributed by atoms with Crippen molar-refractivity contribution in [2.75, 3.05) is 25.1 Å². The van der Waals surface area contributed by atoms with Crippen molar-refractivity contribution in [1.82, 2.24) is 9.21 Å². The Balaban J connectivity index is 1.57. The van der Waals surface area contributed by atoms with Crippen LogP contribution in [0.25, 0.3) is 0 Å². The lowest BCUT2D eigenvalue weighted by atomic mass is 10.0. The van der Waals surface area contributed by atoms with E-state index in [1.807, 2.05) is 47.5 Å². The predicted molar refractivity (Wildman–Crippen MR) is 126 cm³/mol. The smallest absolute Gasteiger partial charge is 0.322 e. The van der Waals surface area contributed by atoms with Gasteiger partial charge in [-0.3, -0.25) is 5.01 Å². The number of hydrogen-bond acceptors (Lipinski definition) is 4. The molecule has 0 bridgehead atoms. The van der Waals surface area contributed by atoms with Gasteiger partial charge in [0, 0.05) is 31.6 Å². The molecule has 2 aliphatic heterocycles. The van der Waals surface area contributed by atoms with Crippen LogP contribution in [0.5, 0.6) is 0 Å². The van der Waals surface area contributed by atoms with Gasteiger partial charge in [-0.25, -0.2) is 0 Å². The first kappa shape index (κ1) is 21.8. The fourth-order valence-electron chi connectivity index (χ4n) is 3.83. The summed E-state index contributed by atoms with van der Waals surface area (Å²) in [6, 6.07) is 17.7. The Labute approximate surface area is 188 Å². The first-order chi connectivity index (χ1) is 14.9. The van der Waals surface area contributed by atoms with E-state index in [1.54, 1.807) is 11.9 Å². The van der Waals surface area contributed by atoms with Crippen LogP contribution < -0.4 is 5.01 Å². The lowest BCUT2D eigenvalue weighted by Crippen LogP contribution is -2.35. The summed E-state index contributed by atoms with van der Waals surface area (Å²) in [5.41, 5.74) is 2.04. The molecule has 2 heterocycles. The molecule has 0 saturated carbocycles. The van der Waals surface area contributed by atoms with Gasteiger partial charge in [-0.05, 0) is 42.7 Å². The topological polar surface area (TPSA) is 68.6 Å². The second-order valence-electron chi connectivity index (χ2n) is 7.74. The molecule has 0 aromatic heterocycles. The Morgan fingerprint density at radius 1 is 1.06 bits per heavy atom. The minimum absolute atomic E-state index is 0.00747. The summed E-state index contributed by atoms with van der Waals surface area (Å²) in [6.45, 7) is 1.06. The molecule has 1 atom stereocenters. The van der Waals surface area contributed by atoms with Gasteiger partial charge in [0.25, 0.3) is 0 Å². The van der Waals surface area contributed by atoms with Gasteiger partial charge in [0.05, 0.1) is 11.7 Å². The largest absolute Gasteiger partial charge is 0.323 e. The number of halogens is 1. The summed E-state index contributed by atoms with van der Waals surface area (Å²) in [7, 11) is -1.89. The van der Waals surface area contributed by atoms with E-state index in [9.17, 15) is 8.42 Å². The second-order valence-corrected chi connectivity index (χ2v) is 9.80. The van der Waals surface area contributed by atoms with Crippen molar-refractivity contribution in [3.63, 3.8) is 0 Å². The number of benzene rings is 2. The molecule has 31 heavy (non-hydrogen) atoms. The highest BCUT2D eigenvalue weighted by Gasteiger charge is 2.31. The van der Waals surface area contributed by atoms with Crippen LogP contribution in [0.1, 0.15) is 37.3 Å². The van der Waals surface area contributed by atoms with Crippen molar-refractivity contribution >= 4 is 39.7 Å². The SMILES string of the molecule is CN(C=NS(=O)(=O)N1CCCCC1)C1=NN(c2ccc(Cl)cc2)C(c2ccccc2)C1. The number of rotatable bonds is 5. The summed E-state index contributed by atoms with van der Waals surface area (Å²) in [5.74, 6) is 0.737. The number of nitrogens with zero attached hydrogens (tertiary/aromatic N) is 5. The number of anilines is 1. The van der Waals surface area contributed by atoms with Crippen LogP contribution in [-0.2, 0) is 10.2 Å². The maximum Gasteiger partial charge on any atom is 0.323 e. The van der Waals surface area contributed by atoms with Gasteiger partial charge in [0.15, 0.2) is 0 Å². The molecule has 0 spiro atoms. The Morgan fingerprint density at radius 2 is 1.74 bits per heavy atom. The summed E-state index contributed by atoms with van der Waals surface area (Å²) in [6.07, 6.45) is 4.81. The second kappa shape index (κ2) is 9.38. The highest BCUT2D eigenvalue weighted by Crippen LogP contribution is 2.36. The fraction of sp³-hybridized carbons (Fsp3) is 0.364. The zero-order chi connectivity index (χ0) is 21.8. The van der Waals surface area contributed by atoms with E-state index >= 15 is 0 Å². The minimum atomic E-state index is -3.67. The van der Waals surface area contributed by atoms with Crippen LogP contribution in [0.3, 0.4) is 0 Å².